The largest absolute Gasteiger partial charge is 0.444 e. The Kier molecular flexibility index (Phi) is 7.37. The Balaban J connectivity index is 1.74. The van der Waals surface area contributed by atoms with Gasteiger partial charge in [0.15, 0.2) is 0 Å². The molecule has 1 atom stereocenters. The van der Waals surface area contributed by atoms with Crippen LogP contribution >= 0.6 is 23.4 Å². The Bertz CT molecular complexity index is 975. The van der Waals surface area contributed by atoms with E-state index in [1.165, 1.54) is 6.07 Å². The van der Waals surface area contributed by atoms with Gasteiger partial charge in [0.25, 0.3) is 0 Å². The second-order valence-corrected chi connectivity index (χ2v) is 10.6. The van der Waals surface area contributed by atoms with E-state index < -0.39 is 17.3 Å². The second kappa shape index (κ2) is 9.53. The summed E-state index contributed by atoms with van der Waals surface area (Å²) in [5, 5.41) is 0.201. The summed E-state index contributed by atoms with van der Waals surface area (Å²) < 4.78 is 46.1. The third-order valence-corrected chi connectivity index (χ3v) is 6.49. The van der Waals surface area contributed by atoms with Crippen molar-refractivity contribution in [3.8, 4) is 11.1 Å². The molecule has 0 aromatic heterocycles. The zero-order valence-electron chi connectivity index (χ0n) is 18.3. The highest BCUT2D eigenvalue weighted by Gasteiger charge is 2.36. The fraction of sp³-hybridized carbons (Fsp3) is 0.435. The Morgan fingerprint density at radius 2 is 1.84 bits per heavy atom. The number of alkyl halides is 3. The molecule has 0 spiro atoms. The van der Waals surface area contributed by atoms with Crippen LogP contribution in [0.4, 0.5) is 23.7 Å². The molecule has 174 valence electrons. The molecule has 1 fully saturated rings. The molecule has 0 bridgehead atoms. The molecule has 1 aliphatic rings. The summed E-state index contributed by atoms with van der Waals surface area (Å²) in [6.45, 7) is 6.74. The molecule has 1 saturated heterocycles. The number of likely N-dealkylation sites (tertiary alicyclic amines) is 1. The van der Waals surface area contributed by atoms with E-state index in [1.54, 1.807) is 40.9 Å². The van der Waals surface area contributed by atoms with Crippen LogP contribution in [0.1, 0.15) is 39.2 Å². The van der Waals surface area contributed by atoms with Gasteiger partial charge < -0.3 is 15.4 Å². The molecule has 1 unspecified atom stereocenters. The smallest absolute Gasteiger partial charge is 0.417 e. The third kappa shape index (κ3) is 6.33. The first-order valence-electron chi connectivity index (χ1n) is 10.3. The van der Waals surface area contributed by atoms with Crippen LogP contribution in [0.2, 0.25) is 5.02 Å². The Morgan fingerprint density at radius 3 is 2.44 bits per heavy atom. The fourth-order valence-electron chi connectivity index (χ4n) is 3.60. The van der Waals surface area contributed by atoms with E-state index in [1.807, 2.05) is 20.8 Å². The first-order chi connectivity index (χ1) is 14.8. The predicted molar refractivity (Wildman–Crippen MR) is 121 cm³/mol. The Hall–Kier alpha value is -1.90. The number of nitrogens with zero attached hydrogens (tertiary/aromatic N) is 1. The van der Waals surface area contributed by atoms with Gasteiger partial charge in [0.05, 0.1) is 10.6 Å². The SMILES string of the molecule is CC(C)(C)OC(=O)N1CCCC(Sc2ccc(-c3c(Cl)cc([NH3+])cc3C(F)(F)F)cc2)C1. The molecule has 1 heterocycles. The Labute approximate surface area is 195 Å². The molecular weight excluding hydrogens is 461 g/mol. The predicted octanol–water partition coefficient (Wildman–Crippen LogP) is 6.39. The van der Waals surface area contributed by atoms with Crippen LogP contribution in [-0.2, 0) is 10.9 Å². The van der Waals surface area contributed by atoms with Crippen LogP contribution in [0.25, 0.3) is 11.1 Å². The molecule has 4 nitrogen and oxygen atoms in total. The van der Waals surface area contributed by atoms with Crippen LogP contribution < -0.4 is 5.73 Å². The van der Waals surface area contributed by atoms with Crippen molar-refractivity contribution in [2.24, 2.45) is 0 Å². The highest BCUT2D eigenvalue weighted by molar-refractivity contribution is 8.00. The van der Waals surface area contributed by atoms with E-state index >= 15 is 0 Å². The van der Waals surface area contributed by atoms with Crippen LogP contribution in [0.5, 0.6) is 0 Å². The summed E-state index contributed by atoms with van der Waals surface area (Å²) in [6, 6.07) is 9.33. The molecule has 0 aliphatic carbocycles. The number of hydrogen-bond donors (Lipinski definition) is 1. The third-order valence-electron chi connectivity index (χ3n) is 4.93. The Morgan fingerprint density at radius 1 is 1.19 bits per heavy atom. The number of quaternary nitrogens is 1. The van der Waals surface area contributed by atoms with Gasteiger partial charge in [-0.15, -0.1) is 11.8 Å². The number of rotatable bonds is 3. The van der Waals surface area contributed by atoms with E-state index in [9.17, 15) is 18.0 Å². The molecule has 9 heteroatoms. The average molecular weight is 488 g/mol. The lowest BCUT2D eigenvalue weighted by molar-refractivity contribution is -0.255. The highest BCUT2D eigenvalue weighted by Crippen LogP contribution is 2.42. The van der Waals surface area contributed by atoms with Gasteiger partial charge in [-0.05, 0) is 51.3 Å². The van der Waals surface area contributed by atoms with Crippen molar-refractivity contribution in [3.63, 3.8) is 0 Å². The number of thioether (sulfide) groups is 1. The van der Waals surface area contributed by atoms with Gasteiger partial charge in [0.2, 0.25) is 0 Å². The standard InChI is InChI=1S/C23H26ClF3N2O2S/c1-22(2,3)31-21(30)29-10-4-5-17(13-29)32-16-8-6-14(7-9-16)20-18(23(25,26)27)11-15(28)12-19(20)24/h6-9,11-12,17H,4-5,10,13,28H2,1-3H3/p+1. The average Bonchev–Trinajstić information content (AvgIpc) is 2.66. The molecule has 0 radical (unpaired) electrons. The van der Waals surface area contributed by atoms with Crippen molar-refractivity contribution < 1.29 is 28.4 Å². The molecule has 0 saturated carbocycles. The van der Waals surface area contributed by atoms with Crippen LogP contribution in [0, 0.1) is 0 Å². The van der Waals surface area contributed by atoms with Crippen molar-refractivity contribution in [2.45, 2.75) is 55.5 Å². The minimum absolute atomic E-state index is 0.0190. The maximum Gasteiger partial charge on any atom is 0.417 e. The molecular formula is C23H27ClF3N2O2S+. The molecule has 1 aliphatic heterocycles. The summed E-state index contributed by atoms with van der Waals surface area (Å²) in [4.78, 5) is 15.0. The summed E-state index contributed by atoms with van der Waals surface area (Å²) >= 11 is 7.78. The van der Waals surface area contributed by atoms with Crippen molar-refractivity contribution in [2.75, 3.05) is 13.1 Å². The van der Waals surface area contributed by atoms with E-state index in [0.29, 0.717) is 18.7 Å². The normalized spacial score (nSPS) is 17.4. The zero-order valence-corrected chi connectivity index (χ0v) is 19.8. The topological polar surface area (TPSA) is 57.2 Å². The number of hydrogen-bond acceptors (Lipinski definition) is 3. The highest BCUT2D eigenvalue weighted by atomic mass is 35.5. The number of ether oxygens (including phenoxy) is 1. The van der Waals surface area contributed by atoms with Crippen molar-refractivity contribution >= 4 is 35.1 Å². The summed E-state index contributed by atoms with van der Waals surface area (Å²) in [5.74, 6) is 0. The van der Waals surface area contributed by atoms with E-state index in [2.05, 4.69) is 5.73 Å². The van der Waals surface area contributed by atoms with Gasteiger partial charge in [0.1, 0.15) is 11.3 Å². The van der Waals surface area contributed by atoms with Crippen LogP contribution in [0.15, 0.2) is 41.3 Å². The van der Waals surface area contributed by atoms with Gasteiger partial charge in [-0.1, -0.05) is 23.7 Å². The quantitative estimate of drug-likeness (QED) is 0.545. The van der Waals surface area contributed by atoms with E-state index in [-0.39, 0.29) is 27.6 Å². The first kappa shape index (κ1) is 24.7. The number of carbonyl (C=O) groups is 1. The molecule has 1 amide bonds. The zero-order chi connectivity index (χ0) is 23.7. The van der Waals surface area contributed by atoms with E-state index in [4.69, 9.17) is 16.3 Å². The summed E-state index contributed by atoms with van der Waals surface area (Å²) in [7, 11) is 0. The minimum Gasteiger partial charge on any atom is -0.444 e. The monoisotopic (exact) mass is 487 g/mol. The number of amides is 1. The lowest BCUT2D eigenvalue weighted by Gasteiger charge is -2.33. The second-order valence-electron chi connectivity index (χ2n) is 8.83. The molecule has 32 heavy (non-hydrogen) atoms. The molecule has 3 rings (SSSR count). The number of carbonyl (C=O) groups excluding carboxylic acids is 1. The maximum atomic E-state index is 13.6. The van der Waals surface area contributed by atoms with Crippen LogP contribution in [-0.4, -0.2) is 34.9 Å². The summed E-state index contributed by atoms with van der Waals surface area (Å²) in [6.07, 6.45) is -3.04. The number of halogens is 4. The van der Waals surface area contributed by atoms with Gasteiger partial charge >= 0.3 is 12.3 Å². The fourth-order valence-corrected chi connectivity index (χ4v) is 5.17. The number of piperidine rings is 1. The molecule has 2 aromatic carbocycles. The minimum atomic E-state index is -4.53. The van der Waals surface area contributed by atoms with Crippen molar-refractivity contribution in [1.29, 1.82) is 0 Å². The van der Waals surface area contributed by atoms with Gasteiger partial charge in [-0.25, -0.2) is 4.79 Å². The van der Waals surface area contributed by atoms with Gasteiger partial charge in [-0.2, -0.15) is 13.2 Å². The van der Waals surface area contributed by atoms with Gasteiger partial charge in [0, 0.05) is 40.9 Å². The maximum absolute atomic E-state index is 13.6. The molecule has 3 N–H and O–H groups in total. The lowest BCUT2D eigenvalue weighted by Crippen LogP contribution is -2.43. The number of benzene rings is 2. The first-order valence-corrected chi connectivity index (χ1v) is 11.6. The van der Waals surface area contributed by atoms with Gasteiger partial charge in [-0.3, -0.25) is 0 Å². The van der Waals surface area contributed by atoms with Crippen molar-refractivity contribution in [3.05, 3.63) is 47.0 Å². The van der Waals surface area contributed by atoms with E-state index in [0.717, 1.165) is 23.8 Å². The lowest BCUT2D eigenvalue weighted by atomic mass is 9.98. The molecule has 2 aromatic rings. The van der Waals surface area contributed by atoms with Crippen LogP contribution in [0.3, 0.4) is 0 Å². The summed E-state index contributed by atoms with van der Waals surface area (Å²) in [5.41, 5.74) is 2.80. The van der Waals surface area contributed by atoms with Crippen molar-refractivity contribution in [1.82, 2.24) is 4.90 Å².